The van der Waals surface area contributed by atoms with Crippen LogP contribution >= 0.6 is 23.2 Å². The number of rotatable bonds is 8. The number of nitrogens with two attached hydrogens (primary N) is 1. The van der Waals surface area contributed by atoms with Gasteiger partial charge in [0.15, 0.2) is 11.5 Å². The van der Waals surface area contributed by atoms with Crippen LogP contribution in [-0.4, -0.2) is 52.0 Å². The monoisotopic (exact) mass is 551 g/mol. The van der Waals surface area contributed by atoms with E-state index in [0.29, 0.717) is 0 Å². The third kappa shape index (κ3) is 7.99. The van der Waals surface area contributed by atoms with Crippen LogP contribution in [0.5, 0.6) is 23.0 Å². The van der Waals surface area contributed by atoms with Gasteiger partial charge in [-0.3, -0.25) is 14.6 Å². The maximum absolute atomic E-state index is 13.1. The first kappa shape index (κ1) is 28.1. The Bertz CT molecular complexity index is 1360. The molecule has 3 aromatic rings. The van der Waals surface area contributed by atoms with Crippen molar-refractivity contribution in [3.05, 3.63) is 70.0 Å². The van der Waals surface area contributed by atoms with Gasteiger partial charge in [-0.1, -0.05) is 23.2 Å². The van der Waals surface area contributed by atoms with Crippen molar-refractivity contribution in [3.63, 3.8) is 0 Å². The molecule has 0 atom stereocenters. The third-order valence-electron chi connectivity index (χ3n) is 4.30. The van der Waals surface area contributed by atoms with Crippen LogP contribution in [0.2, 0.25) is 10.0 Å². The molecule has 3 rings (SSSR count). The van der Waals surface area contributed by atoms with Gasteiger partial charge in [-0.25, -0.2) is 0 Å². The van der Waals surface area contributed by atoms with E-state index in [9.17, 15) is 22.8 Å². The fourth-order valence-corrected chi connectivity index (χ4v) is 3.55. The standard InChI is InChI=1S/C21H17B3Cl2F3N3O5/c22-20(23,24)37-15-8-11(36-21(27,28)29)1-2-14(15)35-16-6-9(25)5-12(26)17(16)19(34)32-10-3-4-31-13(7-10)18(30)33/h1-8H,22-24H2,(H2,30,33)(H,31,32,34). The zero-order valence-corrected chi connectivity index (χ0v) is 21.1. The quantitative estimate of drug-likeness (QED) is 0.416. The second kappa shape index (κ2) is 10.9. The Morgan fingerprint density at radius 3 is 2.27 bits per heavy atom. The molecule has 2 aromatic carbocycles. The number of halogens is 5. The Hall–Kier alpha value is -3.51. The molecule has 37 heavy (non-hydrogen) atoms. The number of primary amides is 1. The second-order valence-electron chi connectivity index (χ2n) is 8.48. The largest absolute Gasteiger partial charge is 0.573 e. The van der Waals surface area contributed by atoms with Crippen molar-refractivity contribution in [3.8, 4) is 23.0 Å². The molecule has 0 aliphatic carbocycles. The minimum absolute atomic E-state index is 0.0447. The molecule has 0 unspecified atom stereocenters. The van der Waals surface area contributed by atoms with Gasteiger partial charge in [0.05, 0.1) is 5.02 Å². The summed E-state index contributed by atoms with van der Waals surface area (Å²) in [7, 11) is 5.04. The number of aromatic nitrogens is 1. The van der Waals surface area contributed by atoms with Crippen molar-refractivity contribution >= 4 is 64.2 Å². The lowest BCUT2D eigenvalue weighted by Crippen LogP contribution is -2.37. The van der Waals surface area contributed by atoms with Gasteiger partial charge < -0.3 is 25.3 Å². The van der Waals surface area contributed by atoms with E-state index < -0.39 is 29.2 Å². The molecule has 0 fully saturated rings. The van der Waals surface area contributed by atoms with Gasteiger partial charge in [0, 0.05) is 34.3 Å². The van der Waals surface area contributed by atoms with Crippen LogP contribution in [0.3, 0.4) is 0 Å². The molecule has 3 N–H and O–H groups in total. The molecular formula is C21H17B3Cl2F3N3O5. The Balaban J connectivity index is 2.01. The number of ether oxygens (including phenoxy) is 3. The highest BCUT2D eigenvalue weighted by molar-refractivity contribution is 6.58. The van der Waals surface area contributed by atoms with Gasteiger partial charge in [0.2, 0.25) is 0 Å². The van der Waals surface area contributed by atoms with Gasteiger partial charge in [-0.2, -0.15) is 0 Å². The lowest BCUT2D eigenvalue weighted by atomic mass is 9.52. The molecule has 1 heterocycles. The van der Waals surface area contributed by atoms with Gasteiger partial charge >= 0.3 is 6.36 Å². The third-order valence-corrected chi connectivity index (χ3v) is 4.82. The predicted octanol–water partition coefficient (Wildman–Crippen LogP) is 2.32. The van der Waals surface area contributed by atoms with E-state index >= 15 is 0 Å². The summed E-state index contributed by atoms with van der Waals surface area (Å²) in [6.45, 7) is 0. The molecule has 0 bridgehead atoms. The lowest BCUT2D eigenvalue weighted by Gasteiger charge is -2.24. The molecule has 1 aromatic heterocycles. The Labute approximate surface area is 221 Å². The van der Waals surface area contributed by atoms with Gasteiger partial charge in [0.1, 0.15) is 46.3 Å². The zero-order chi connectivity index (χ0) is 27.5. The van der Waals surface area contributed by atoms with Crippen LogP contribution in [0, 0.1) is 0 Å². The number of alkyl halides is 3. The molecule has 8 nitrogen and oxygen atoms in total. The lowest BCUT2D eigenvalue weighted by molar-refractivity contribution is -0.274. The molecule has 0 saturated heterocycles. The number of anilines is 1. The normalized spacial score (nSPS) is 11.5. The summed E-state index contributed by atoms with van der Waals surface area (Å²) in [6, 6.07) is 8.49. The van der Waals surface area contributed by atoms with Crippen molar-refractivity contribution in [2.24, 2.45) is 5.73 Å². The first-order valence-electron chi connectivity index (χ1n) is 10.4. The molecule has 16 heteroatoms. The predicted molar refractivity (Wildman–Crippen MR) is 139 cm³/mol. The Morgan fingerprint density at radius 1 is 0.946 bits per heavy atom. The Morgan fingerprint density at radius 2 is 1.65 bits per heavy atom. The van der Waals surface area contributed by atoms with Crippen LogP contribution in [0.25, 0.3) is 0 Å². The number of nitrogens with one attached hydrogen (secondary N) is 1. The average molecular weight is 552 g/mol. The smallest absolute Gasteiger partial charge is 0.510 e. The minimum Gasteiger partial charge on any atom is -0.510 e. The minimum atomic E-state index is -4.92. The molecule has 190 valence electrons. The number of carbonyl (C=O) groups excluding carboxylic acids is 2. The summed E-state index contributed by atoms with van der Waals surface area (Å²) in [5, 5.41) is 1.76. The van der Waals surface area contributed by atoms with Crippen LogP contribution in [0.1, 0.15) is 20.8 Å². The van der Waals surface area contributed by atoms with E-state index in [1.165, 1.54) is 36.5 Å². The number of amides is 2. The van der Waals surface area contributed by atoms with Gasteiger partial charge in [-0.15, -0.1) is 13.2 Å². The van der Waals surface area contributed by atoms with Crippen LogP contribution < -0.4 is 25.3 Å². The molecule has 0 aliphatic rings. The van der Waals surface area contributed by atoms with Gasteiger partial charge in [0.25, 0.3) is 11.8 Å². The van der Waals surface area contributed by atoms with Crippen molar-refractivity contribution in [2.45, 2.75) is 11.7 Å². The number of hydrogen-bond donors (Lipinski definition) is 2. The summed E-state index contributed by atoms with van der Waals surface area (Å²) in [4.78, 5) is 28.3. The average Bonchev–Trinajstić information content (AvgIpc) is 2.73. The topological polar surface area (TPSA) is 113 Å². The number of nitrogens with zero attached hydrogens (tertiary/aromatic N) is 1. The first-order chi connectivity index (χ1) is 17.1. The highest BCUT2D eigenvalue weighted by Gasteiger charge is 2.32. The van der Waals surface area contributed by atoms with Crippen molar-refractivity contribution in [2.75, 3.05) is 5.32 Å². The number of hydrogen-bond acceptors (Lipinski definition) is 6. The zero-order valence-electron chi connectivity index (χ0n) is 19.6. The van der Waals surface area contributed by atoms with Crippen LogP contribution in [-0.2, 0) is 0 Å². The summed E-state index contributed by atoms with van der Waals surface area (Å²) in [6.07, 6.45) is -3.65. The maximum atomic E-state index is 13.1. The van der Waals surface area contributed by atoms with Crippen molar-refractivity contribution in [1.82, 2.24) is 4.98 Å². The molecule has 2 amide bonds. The summed E-state index contributed by atoms with van der Waals surface area (Å²) < 4.78 is 53.8. The fraction of sp³-hybridized carbons (Fsp3) is 0.0952. The van der Waals surface area contributed by atoms with Crippen molar-refractivity contribution < 1.29 is 37.0 Å². The SMILES string of the molecule is BC(B)(B)Oc1cc(OC(F)(F)F)ccc1Oc1cc(Cl)cc(Cl)c1C(=O)Nc1ccnc(C(N)=O)c1. The summed E-state index contributed by atoms with van der Waals surface area (Å²) in [5.74, 6) is -2.34. The Kier molecular flexibility index (Phi) is 8.23. The highest BCUT2D eigenvalue weighted by atomic mass is 35.5. The number of carbonyl (C=O) groups is 2. The van der Waals surface area contributed by atoms with E-state index in [4.69, 9.17) is 38.4 Å². The molecule has 0 spiro atoms. The molecule has 0 radical (unpaired) electrons. The van der Waals surface area contributed by atoms with Crippen LogP contribution in [0.15, 0.2) is 48.7 Å². The van der Waals surface area contributed by atoms with E-state index in [2.05, 4.69) is 15.0 Å². The van der Waals surface area contributed by atoms with E-state index in [0.717, 1.165) is 12.1 Å². The van der Waals surface area contributed by atoms with Crippen LogP contribution in [0.4, 0.5) is 18.9 Å². The molecular weight excluding hydrogens is 535 g/mol. The maximum Gasteiger partial charge on any atom is 0.573 e. The van der Waals surface area contributed by atoms with Crippen molar-refractivity contribution in [1.29, 1.82) is 0 Å². The first-order valence-corrected chi connectivity index (χ1v) is 11.2. The molecule has 0 saturated carbocycles. The van der Waals surface area contributed by atoms with E-state index in [1.54, 1.807) is 23.5 Å². The number of pyridine rings is 1. The van der Waals surface area contributed by atoms with Gasteiger partial charge in [-0.05, 0) is 30.3 Å². The molecule has 0 aliphatic heterocycles. The fourth-order valence-electron chi connectivity index (χ4n) is 2.99. The number of benzene rings is 2. The van der Waals surface area contributed by atoms with E-state index in [1.807, 2.05) is 0 Å². The highest BCUT2D eigenvalue weighted by Crippen LogP contribution is 2.41. The second-order valence-corrected chi connectivity index (χ2v) is 9.33. The van der Waals surface area contributed by atoms with E-state index in [-0.39, 0.29) is 44.2 Å². The summed E-state index contributed by atoms with van der Waals surface area (Å²) in [5.41, 5.74) is 5.18. The summed E-state index contributed by atoms with van der Waals surface area (Å²) >= 11 is 12.4.